The summed E-state index contributed by atoms with van der Waals surface area (Å²) in [6, 6.07) is 4.62. The van der Waals surface area contributed by atoms with Gasteiger partial charge in [0, 0.05) is 25.7 Å². The predicted molar refractivity (Wildman–Crippen MR) is 63.7 cm³/mol. The van der Waals surface area contributed by atoms with Gasteiger partial charge in [-0.2, -0.15) is 0 Å². The van der Waals surface area contributed by atoms with Crippen molar-refractivity contribution in [3.8, 4) is 0 Å². The van der Waals surface area contributed by atoms with Crippen LogP contribution in [0.3, 0.4) is 0 Å². The molecule has 1 aliphatic heterocycles. The van der Waals surface area contributed by atoms with Gasteiger partial charge in [0.1, 0.15) is 0 Å². The van der Waals surface area contributed by atoms with Gasteiger partial charge in [0.2, 0.25) is 0 Å². The third-order valence-corrected chi connectivity index (χ3v) is 3.31. The number of nitrogens with one attached hydrogen (secondary N) is 1. The zero-order chi connectivity index (χ0) is 12.3. The van der Waals surface area contributed by atoms with Gasteiger partial charge in [0.05, 0.1) is 0 Å². The molecule has 1 fully saturated rings. The monoisotopic (exact) mass is 240 g/mol. The van der Waals surface area contributed by atoms with E-state index in [1.54, 1.807) is 6.07 Å². The van der Waals surface area contributed by atoms with E-state index in [4.69, 9.17) is 0 Å². The van der Waals surface area contributed by atoms with Crippen molar-refractivity contribution >= 4 is 0 Å². The van der Waals surface area contributed by atoms with Gasteiger partial charge in [0.15, 0.2) is 11.6 Å². The molecule has 1 atom stereocenters. The van der Waals surface area contributed by atoms with Crippen molar-refractivity contribution in [1.82, 2.24) is 10.2 Å². The molecular weight excluding hydrogens is 222 g/mol. The molecule has 1 unspecified atom stereocenters. The van der Waals surface area contributed by atoms with Crippen LogP contribution in [0.2, 0.25) is 0 Å². The highest BCUT2D eigenvalue weighted by Crippen LogP contribution is 2.14. The van der Waals surface area contributed by atoms with Gasteiger partial charge >= 0.3 is 0 Å². The van der Waals surface area contributed by atoms with Gasteiger partial charge in [0.25, 0.3) is 0 Å². The molecule has 2 nitrogen and oxygen atoms in total. The van der Waals surface area contributed by atoms with E-state index < -0.39 is 11.6 Å². The zero-order valence-electron chi connectivity index (χ0n) is 10.0. The maximum atomic E-state index is 13.1. The van der Waals surface area contributed by atoms with Gasteiger partial charge in [-0.1, -0.05) is 6.07 Å². The van der Waals surface area contributed by atoms with Crippen LogP contribution in [0.25, 0.3) is 0 Å². The number of hydrogen-bond acceptors (Lipinski definition) is 2. The SMILES string of the molecule is CC1CCNCCN1Cc1ccc(F)c(F)c1. The summed E-state index contributed by atoms with van der Waals surface area (Å²) in [4.78, 5) is 2.30. The molecule has 1 aromatic rings. The fraction of sp³-hybridized carbons (Fsp3) is 0.538. The summed E-state index contributed by atoms with van der Waals surface area (Å²) < 4.78 is 25.9. The standard InChI is InChI=1S/C13H18F2N2/c1-10-4-5-16-6-7-17(10)9-11-2-3-12(14)13(15)8-11/h2-3,8,10,16H,4-7,9H2,1H3. The molecule has 1 N–H and O–H groups in total. The predicted octanol–water partition coefficient (Wildman–Crippen LogP) is 2.15. The highest BCUT2D eigenvalue weighted by molar-refractivity contribution is 5.17. The van der Waals surface area contributed by atoms with Crippen molar-refractivity contribution < 1.29 is 8.78 Å². The second kappa shape index (κ2) is 5.56. The van der Waals surface area contributed by atoms with Crippen LogP contribution in [0.4, 0.5) is 8.78 Å². The van der Waals surface area contributed by atoms with E-state index in [1.807, 2.05) is 0 Å². The second-order valence-electron chi connectivity index (χ2n) is 4.61. The largest absolute Gasteiger partial charge is 0.315 e. The van der Waals surface area contributed by atoms with Gasteiger partial charge in [-0.3, -0.25) is 4.90 Å². The number of hydrogen-bond donors (Lipinski definition) is 1. The summed E-state index contributed by atoms with van der Waals surface area (Å²) >= 11 is 0. The Hall–Kier alpha value is -1.00. The minimum absolute atomic E-state index is 0.470. The van der Waals surface area contributed by atoms with Crippen LogP contribution in [-0.4, -0.2) is 30.6 Å². The van der Waals surface area contributed by atoms with Crippen molar-refractivity contribution in [2.45, 2.75) is 25.9 Å². The molecule has 2 rings (SSSR count). The molecule has 0 radical (unpaired) electrons. The lowest BCUT2D eigenvalue weighted by Gasteiger charge is -2.26. The Morgan fingerprint density at radius 3 is 2.88 bits per heavy atom. The molecule has 0 spiro atoms. The molecule has 0 aliphatic carbocycles. The quantitative estimate of drug-likeness (QED) is 0.852. The summed E-state index contributed by atoms with van der Waals surface area (Å²) in [5.41, 5.74) is 0.831. The molecule has 0 saturated carbocycles. The van der Waals surface area contributed by atoms with E-state index >= 15 is 0 Å². The van der Waals surface area contributed by atoms with Gasteiger partial charge in [-0.25, -0.2) is 8.78 Å². The first-order chi connectivity index (χ1) is 8.16. The second-order valence-corrected chi connectivity index (χ2v) is 4.61. The van der Waals surface area contributed by atoms with Crippen molar-refractivity contribution in [1.29, 1.82) is 0 Å². The Balaban J connectivity index is 2.05. The molecule has 17 heavy (non-hydrogen) atoms. The number of rotatable bonds is 2. The van der Waals surface area contributed by atoms with E-state index in [0.29, 0.717) is 12.6 Å². The first-order valence-electron chi connectivity index (χ1n) is 6.05. The van der Waals surface area contributed by atoms with Crippen LogP contribution >= 0.6 is 0 Å². The fourth-order valence-electron chi connectivity index (χ4n) is 2.17. The number of nitrogens with zero attached hydrogens (tertiary/aromatic N) is 1. The molecule has 0 bridgehead atoms. The Bertz CT molecular complexity index is 382. The highest BCUT2D eigenvalue weighted by Gasteiger charge is 2.17. The van der Waals surface area contributed by atoms with E-state index in [0.717, 1.165) is 31.6 Å². The molecule has 0 aromatic heterocycles. The highest BCUT2D eigenvalue weighted by atomic mass is 19.2. The zero-order valence-corrected chi connectivity index (χ0v) is 10.0. The first kappa shape index (κ1) is 12.5. The fourth-order valence-corrected chi connectivity index (χ4v) is 2.17. The molecule has 1 aromatic carbocycles. The molecule has 1 saturated heterocycles. The van der Waals surface area contributed by atoms with E-state index in [2.05, 4.69) is 17.1 Å². The van der Waals surface area contributed by atoms with Crippen molar-refractivity contribution in [2.24, 2.45) is 0 Å². The molecule has 0 amide bonds. The van der Waals surface area contributed by atoms with Crippen molar-refractivity contribution in [3.05, 3.63) is 35.4 Å². The maximum Gasteiger partial charge on any atom is 0.159 e. The van der Waals surface area contributed by atoms with Crippen LogP contribution in [0.1, 0.15) is 18.9 Å². The van der Waals surface area contributed by atoms with Crippen LogP contribution in [-0.2, 0) is 6.54 Å². The summed E-state index contributed by atoms with van der Waals surface area (Å²) in [5.74, 6) is -1.54. The number of benzene rings is 1. The van der Waals surface area contributed by atoms with Crippen molar-refractivity contribution in [2.75, 3.05) is 19.6 Å². The average Bonchev–Trinajstić information content (AvgIpc) is 2.50. The Labute approximate surface area is 101 Å². The summed E-state index contributed by atoms with van der Waals surface area (Å²) in [6.45, 7) is 5.77. The van der Waals surface area contributed by atoms with Crippen LogP contribution in [0.5, 0.6) is 0 Å². The van der Waals surface area contributed by atoms with Crippen LogP contribution < -0.4 is 5.32 Å². The third-order valence-electron chi connectivity index (χ3n) is 3.31. The minimum Gasteiger partial charge on any atom is -0.315 e. The molecule has 4 heteroatoms. The number of halogens is 2. The lowest BCUT2D eigenvalue weighted by Crippen LogP contribution is -2.33. The van der Waals surface area contributed by atoms with E-state index in [-0.39, 0.29) is 0 Å². The van der Waals surface area contributed by atoms with Crippen molar-refractivity contribution in [3.63, 3.8) is 0 Å². The molecule has 1 aliphatic rings. The summed E-state index contributed by atoms with van der Waals surface area (Å²) in [7, 11) is 0. The lowest BCUT2D eigenvalue weighted by molar-refractivity contribution is 0.211. The minimum atomic E-state index is -0.778. The van der Waals surface area contributed by atoms with Gasteiger partial charge < -0.3 is 5.32 Å². The Kier molecular flexibility index (Phi) is 4.07. The third kappa shape index (κ3) is 3.23. The van der Waals surface area contributed by atoms with E-state index in [1.165, 1.54) is 12.1 Å². The summed E-state index contributed by atoms with van der Waals surface area (Å²) in [6.07, 6.45) is 1.09. The first-order valence-corrected chi connectivity index (χ1v) is 6.05. The molecule has 1 heterocycles. The maximum absolute atomic E-state index is 13.1. The summed E-state index contributed by atoms with van der Waals surface area (Å²) in [5, 5.41) is 3.34. The van der Waals surface area contributed by atoms with E-state index in [9.17, 15) is 8.78 Å². The van der Waals surface area contributed by atoms with Crippen LogP contribution in [0.15, 0.2) is 18.2 Å². The smallest absolute Gasteiger partial charge is 0.159 e. The average molecular weight is 240 g/mol. The lowest BCUT2D eigenvalue weighted by atomic mass is 10.1. The van der Waals surface area contributed by atoms with Gasteiger partial charge in [-0.15, -0.1) is 0 Å². The Morgan fingerprint density at radius 2 is 2.12 bits per heavy atom. The molecule has 94 valence electrons. The Morgan fingerprint density at radius 1 is 1.29 bits per heavy atom. The normalized spacial score (nSPS) is 22.4. The molecular formula is C13H18F2N2. The van der Waals surface area contributed by atoms with Crippen LogP contribution in [0, 0.1) is 11.6 Å². The topological polar surface area (TPSA) is 15.3 Å². The van der Waals surface area contributed by atoms with Gasteiger partial charge in [-0.05, 0) is 37.6 Å².